The normalized spacial score (nSPS) is 9.85. The molecule has 0 saturated heterocycles. The molecule has 2 nitrogen and oxygen atoms in total. The topological polar surface area (TPSA) is 21.3 Å². The highest BCUT2D eigenvalue weighted by molar-refractivity contribution is 7.99. The Bertz CT molecular complexity index is 304. The second-order valence-corrected chi connectivity index (χ2v) is 3.25. The van der Waals surface area contributed by atoms with Crippen LogP contribution < -0.4 is 9.46 Å². The van der Waals surface area contributed by atoms with Gasteiger partial charge in [0.2, 0.25) is 0 Å². The molecule has 0 aromatic heterocycles. The summed E-state index contributed by atoms with van der Waals surface area (Å²) in [6.07, 6.45) is 1.87. The molecule has 0 radical (unpaired) electrons. The van der Waals surface area contributed by atoms with Crippen LogP contribution >= 0.6 is 11.9 Å². The minimum Gasteiger partial charge on any atom is -0.492 e. The fourth-order valence-corrected chi connectivity index (χ4v) is 1.49. The molecule has 0 amide bonds. The first-order valence-electron chi connectivity index (χ1n) is 3.82. The average Bonchev–Trinajstić information content (AvgIpc) is 2.04. The van der Waals surface area contributed by atoms with E-state index >= 15 is 0 Å². The molecule has 72 valence electrons. The number of rotatable bonds is 3. The first kappa shape index (κ1) is 10.2. The molecule has 0 unspecified atom stereocenters. The van der Waals surface area contributed by atoms with Gasteiger partial charge in [0.25, 0.3) is 0 Å². The number of nitrogens with one attached hydrogen (secondary N) is 1. The fraction of sp³-hybridized carbons (Fsp3) is 0.333. The fourth-order valence-electron chi connectivity index (χ4n) is 1.12. The smallest absolute Gasteiger partial charge is 0.178 e. The Morgan fingerprint density at radius 3 is 2.69 bits per heavy atom. The van der Waals surface area contributed by atoms with E-state index in [2.05, 4.69) is 4.72 Å². The summed E-state index contributed by atoms with van der Waals surface area (Å²) in [5, 5.41) is 0. The van der Waals surface area contributed by atoms with Gasteiger partial charge >= 0.3 is 0 Å². The second-order valence-electron chi connectivity index (χ2n) is 2.63. The standard InChI is InChI=1S/C9H12FNOS/c1-6-4-7(10)9(12-2)8(5-6)11-13-3/h4-5,11H,1-3H3. The van der Waals surface area contributed by atoms with Gasteiger partial charge in [0.15, 0.2) is 11.6 Å². The summed E-state index contributed by atoms with van der Waals surface area (Å²) in [4.78, 5) is 0. The van der Waals surface area contributed by atoms with Gasteiger partial charge in [-0.15, -0.1) is 0 Å². The number of hydrogen-bond acceptors (Lipinski definition) is 3. The van der Waals surface area contributed by atoms with Gasteiger partial charge in [-0.2, -0.15) is 0 Å². The van der Waals surface area contributed by atoms with E-state index in [0.29, 0.717) is 5.69 Å². The Morgan fingerprint density at radius 1 is 1.46 bits per heavy atom. The summed E-state index contributed by atoms with van der Waals surface area (Å²) >= 11 is 1.40. The predicted molar refractivity (Wildman–Crippen MR) is 54.8 cm³/mol. The Kier molecular flexibility index (Phi) is 3.42. The summed E-state index contributed by atoms with van der Waals surface area (Å²) in [6.45, 7) is 1.84. The van der Waals surface area contributed by atoms with Crippen molar-refractivity contribution in [2.75, 3.05) is 18.1 Å². The molecule has 0 aliphatic carbocycles. The van der Waals surface area contributed by atoms with Crippen LogP contribution in [0.15, 0.2) is 12.1 Å². The monoisotopic (exact) mass is 201 g/mol. The Morgan fingerprint density at radius 2 is 2.15 bits per heavy atom. The molecular weight excluding hydrogens is 189 g/mol. The number of halogens is 1. The molecule has 0 bridgehead atoms. The van der Waals surface area contributed by atoms with E-state index in [0.717, 1.165) is 5.56 Å². The minimum absolute atomic E-state index is 0.264. The van der Waals surface area contributed by atoms with Gasteiger partial charge in [-0.05, 0) is 24.6 Å². The number of methoxy groups -OCH3 is 1. The Hall–Kier alpha value is -0.900. The van der Waals surface area contributed by atoms with Crippen LogP contribution in [0.1, 0.15) is 5.56 Å². The van der Waals surface area contributed by atoms with Crippen molar-refractivity contribution in [2.45, 2.75) is 6.92 Å². The molecule has 0 heterocycles. The molecule has 1 N–H and O–H groups in total. The quantitative estimate of drug-likeness (QED) is 0.760. The maximum Gasteiger partial charge on any atom is 0.178 e. The molecule has 1 aromatic carbocycles. The molecule has 1 rings (SSSR count). The van der Waals surface area contributed by atoms with E-state index in [1.165, 1.54) is 25.1 Å². The molecule has 0 aliphatic rings. The maximum absolute atomic E-state index is 13.3. The van der Waals surface area contributed by atoms with Crippen LogP contribution in [0.3, 0.4) is 0 Å². The lowest BCUT2D eigenvalue weighted by molar-refractivity contribution is 0.388. The molecule has 0 spiro atoms. The Balaban J connectivity index is 3.13. The lowest BCUT2D eigenvalue weighted by Gasteiger charge is -2.10. The number of aryl methyl sites for hydroxylation is 1. The zero-order valence-corrected chi connectivity index (χ0v) is 8.67. The van der Waals surface area contributed by atoms with E-state index in [1.54, 1.807) is 0 Å². The highest BCUT2D eigenvalue weighted by Crippen LogP contribution is 2.30. The van der Waals surface area contributed by atoms with Crippen molar-refractivity contribution < 1.29 is 9.13 Å². The summed E-state index contributed by atoms with van der Waals surface area (Å²) < 4.78 is 21.2. The van der Waals surface area contributed by atoms with E-state index < -0.39 is 0 Å². The largest absolute Gasteiger partial charge is 0.492 e. The first-order valence-corrected chi connectivity index (χ1v) is 5.04. The number of ether oxygens (including phenoxy) is 1. The SMILES string of the molecule is COc1c(F)cc(C)cc1NSC. The number of hydrogen-bond donors (Lipinski definition) is 1. The number of anilines is 1. The summed E-state index contributed by atoms with van der Waals surface area (Å²) in [6, 6.07) is 3.29. The van der Waals surface area contributed by atoms with Crippen molar-refractivity contribution in [3.8, 4) is 5.75 Å². The second kappa shape index (κ2) is 4.37. The van der Waals surface area contributed by atoms with Crippen LogP contribution in [0, 0.1) is 12.7 Å². The van der Waals surface area contributed by atoms with Crippen molar-refractivity contribution in [1.29, 1.82) is 0 Å². The van der Waals surface area contributed by atoms with Crippen molar-refractivity contribution in [3.63, 3.8) is 0 Å². The van der Waals surface area contributed by atoms with Crippen molar-refractivity contribution >= 4 is 17.6 Å². The van der Waals surface area contributed by atoms with Crippen LogP contribution in [0.25, 0.3) is 0 Å². The lowest BCUT2D eigenvalue weighted by Crippen LogP contribution is -1.95. The zero-order valence-electron chi connectivity index (χ0n) is 7.85. The van der Waals surface area contributed by atoms with Crippen LogP contribution in [-0.4, -0.2) is 13.4 Å². The Labute approximate surface area is 81.6 Å². The van der Waals surface area contributed by atoms with Crippen LogP contribution in [0.4, 0.5) is 10.1 Å². The van der Waals surface area contributed by atoms with Gasteiger partial charge in [0.1, 0.15) is 0 Å². The number of benzene rings is 1. The molecule has 0 saturated carbocycles. The van der Waals surface area contributed by atoms with Gasteiger partial charge in [0.05, 0.1) is 12.8 Å². The minimum atomic E-state index is -0.334. The average molecular weight is 201 g/mol. The van der Waals surface area contributed by atoms with Crippen molar-refractivity contribution in [1.82, 2.24) is 0 Å². The van der Waals surface area contributed by atoms with Crippen LogP contribution in [-0.2, 0) is 0 Å². The third-order valence-electron chi connectivity index (χ3n) is 1.60. The highest BCUT2D eigenvalue weighted by atomic mass is 32.2. The summed E-state index contributed by atoms with van der Waals surface area (Å²) in [5.41, 5.74) is 1.54. The highest BCUT2D eigenvalue weighted by Gasteiger charge is 2.09. The van der Waals surface area contributed by atoms with Gasteiger partial charge in [0, 0.05) is 6.26 Å². The van der Waals surface area contributed by atoms with Gasteiger partial charge in [-0.1, -0.05) is 11.9 Å². The van der Waals surface area contributed by atoms with Crippen molar-refractivity contribution in [2.24, 2.45) is 0 Å². The maximum atomic E-state index is 13.3. The van der Waals surface area contributed by atoms with E-state index in [9.17, 15) is 4.39 Å². The molecular formula is C9H12FNOS. The molecule has 1 aromatic rings. The third-order valence-corrected chi connectivity index (χ3v) is 2.03. The van der Waals surface area contributed by atoms with Gasteiger partial charge < -0.3 is 9.46 Å². The van der Waals surface area contributed by atoms with E-state index in [1.807, 2.05) is 19.2 Å². The molecule has 0 atom stereocenters. The van der Waals surface area contributed by atoms with Crippen molar-refractivity contribution in [3.05, 3.63) is 23.5 Å². The molecule has 4 heteroatoms. The third kappa shape index (κ3) is 2.28. The first-order chi connectivity index (χ1) is 6.19. The van der Waals surface area contributed by atoms with E-state index in [-0.39, 0.29) is 11.6 Å². The summed E-state index contributed by atoms with van der Waals surface area (Å²) in [7, 11) is 1.46. The lowest BCUT2D eigenvalue weighted by atomic mass is 10.2. The molecule has 0 fully saturated rings. The van der Waals surface area contributed by atoms with E-state index in [4.69, 9.17) is 4.74 Å². The zero-order chi connectivity index (χ0) is 9.84. The van der Waals surface area contributed by atoms with Gasteiger partial charge in [-0.3, -0.25) is 0 Å². The van der Waals surface area contributed by atoms with Gasteiger partial charge in [-0.25, -0.2) is 4.39 Å². The molecule has 13 heavy (non-hydrogen) atoms. The van der Waals surface area contributed by atoms with Crippen LogP contribution in [0.2, 0.25) is 0 Å². The predicted octanol–water partition coefficient (Wildman–Crippen LogP) is 2.83. The molecule has 0 aliphatic heterocycles. The van der Waals surface area contributed by atoms with Crippen LogP contribution in [0.5, 0.6) is 5.75 Å². The summed E-state index contributed by atoms with van der Waals surface area (Å²) in [5.74, 6) is -0.0704.